The van der Waals surface area contributed by atoms with Crippen molar-refractivity contribution < 1.29 is 22.7 Å². The van der Waals surface area contributed by atoms with Crippen molar-refractivity contribution in [2.24, 2.45) is 0 Å². The number of carbonyl (C=O) groups is 1. The Balaban J connectivity index is 1.59. The van der Waals surface area contributed by atoms with E-state index in [-0.39, 0.29) is 15.9 Å². The Bertz CT molecular complexity index is 778. The number of rotatable bonds is 6. The summed E-state index contributed by atoms with van der Waals surface area (Å²) in [5.74, 6) is -0.0581. The van der Waals surface area contributed by atoms with E-state index in [9.17, 15) is 13.2 Å². The summed E-state index contributed by atoms with van der Waals surface area (Å²) in [5.41, 5.74) is 0.250. The third kappa shape index (κ3) is 4.14. The highest BCUT2D eigenvalue weighted by Crippen LogP contribution is 2.18. The maximum absolute atomic E-state index is 12.1. The maximum atomic E-state index is 12.1. The van der Waals surface area contributed by atoms with Gasteiger partial charge in [-0.05, 0) is 48.6 Å². The summed E-state index contributed by atoms with van der Waals surface area (Å²) in [6.45, 7) is 1.24. The minimum atomic E-state index is -3.82. The molecule has 2 aromatic rings. The standard InChI is InChI=1S/C16H17NO5S2/c18-16(17-24(19,20)15-4-2-10-23-15)12-5-7-13(8-6-12)22-11-14-3-1-9-21-14/h2,4-8,10,14H,1,3,9,11H2,(H,17,18)/t14-/m1/s1. The summed E-state index contributed by atoms with van der Waals surface area (Å²) in [5, 5.41) is 1.64. The number of benzene rings is 1. The van der Waals surface area contributed by atoms with Gasteiger partial charge in [-0.25, -0.2) is 13.1 Å². The number of amides is 1. The lowest BCUT2D eigenvalue weighted by atomic mass is 10.2. The molecule has 1 aromatic heterocycles. The van der Waals surface area contributed by atoms with Gasteiger partial charge in [0.2, 0.25) is 0 Å². The van der Waals surface area contributed by atoms with Crippen molar-refractivity contribution in [3.05, 3.63) is 47.3 Å². The van der Waals surface area contributed by atoms with E-state index < -0.39 is 15.9 Å². The molecule has 1 saturated heterocycles. The Morgan fingerprint density at radius 3 is 2.71 bits per heavy atom. The molecule has 0 bridgehead atoms. The van der Waals surface area contributed by atoms with Crippen LogP contribution in [0.4, 0.5) is 0 Å². The van der Waals surface area contributed by atoms with Crippen LogP contribution < -0.4 is 9.46 Å². The first-order valence-electron chi connectivity index (χ1n) is 7.50. The second-order valence-electron chi connectivity index (χ2n) is 5.34. The second kappa shape index (κ2) is 7.33. The molecule has 1 atom stereocenters. The zero-order valence-corrected chi connectivity index (χ0v) is 14.4. The zero-order chi connectivity index (χ0) is 17.0. The summed E-state index contributed by atoms with van der Waals surface area (Å²) < 4.78 is 37.3. The number of thiophene rings is 1. The molecule has 0 aliphatic carbocycles. The first kappa shape index (κ1) is 16.9. The van der Waals surface area contributed by atoms with Gasteiger partial charge < -0.3 is 9.47 Å². The lowest BCUT2D eigenvalue weighted by Gasteiger charge is -2.11. The smallest absolute Gasteiger partial charge is 0.273 e. The number of ether oxygens (including phenoxy) is 2. The highest BCUT2D eigenvalue weighted by molar-refractivity contribution is 7.92. The fourth-order valence-corrected chi connectivity index (χ4v) is 4.28. The van der Waals surface area contributed by atoms with Gasteiger partial charge >= 0.3 is 0 Å². The highest BCUT2D eigenvalue weighted by Gasteiger charge is 2.20. The van der Waals surface area contributed by atoms with Crippen molar-refractivity contribution in [2.75, 3.05) is 13.2 Å². The van der Waals surface area contributed by atoms with E-state index in [4.69, 9.17) is 9.47 Å². The number of hydrogen-bond acceptors (Lipinski definition) is 6. The Morgan fingerprint density at radius 1 is 1.29 bits per heavy atom. The molecule has 1 aliphatic heterocycles. The van der Waals surface area contributed by atoms with E-state index in [1.54, 1.807) is 23.6 Å². The minimum absolute atomic E-state index is 0.104. The summed E-state index contributed by atoms with van der Waals surface area (Å²) in [4.78, 5) is 12.1. The molecular weight excluding hydrogens is 350 g/mol. The fraction of sp³-hybridized carbons (Fsp3) is 0.312. The molecule has 128 valence electrons. The molecule has 1 aromatic carbocycles. The van der Waals surface area contributed by atoms with Crippen LogP contribution in [0.2, 0.25) is 0 Å². The number of sulfonamides is 1. The molecule has 0 radical (unpaired) electrons. The van der Waals surface area contributed by atoms with Crippen LogP contribution in [0, 0.1) is 0 Å². The molecular formula is C16H17NO5S2. The number of carbonyl (C=O) groups excluding carboxylic acids is 1. The average Bonchev–Trinajstić information content (AvgIpc) is 3.26. The van der Waals surface area contributed by atoms with Crippen LogP contribution in [-0.4, -0.2) is 33.6 Å². The van der Waals surface area contributed by atoms with Gasteiger partial charge in [-0.1, -0.05) is 6.07 Å². The van der Waals surface area contributed by atoms with Gasteiger partial charge in [0.25, 0.3) is 15.9 Å². The van der Waals surface area contributed by atoms with Crippen LogP contribution in [0.1, 0.15) is 23.2 Å². The van der Waals surface area contributed by atoms with Crippen LogP contribution in [0.3, 0.4) is 0 Å². The molecule has 0 unspecified atom stereocenters. The quantitative estimate of drug-likeness (QED) is 0.848. The Hall–Kier alpha value is -1.90. The predicted molar refractivity (Wildman–Crippen MR) is 89.9 cm³/mol. The molecule has 24 heavy (non-hydrogen) atoms. The third-order valence-corrected chi connectivity index (χ3v) is 6.29. The maximum Gasteiger partial charge on any atom is 0.273 e. The van der Waals surface area contributed by atoms with Crippen LogP contribution in [0.25, 0.3) is 0 Å². The first-order chi connectivity index (χ1) is 11.5. The van der Waals surface area contributed by atoms with Gasteiger partial charge in [0.15, 0.2) is 0 Å². The van der Waals surface area contributed by atoms with Crippen LogP contribution in [0.5, 0.6) is 5.75 Å². The average molecular weight is 367 g/mol. The largest absolute Gasteiger partial charge is 0.491 e. The normalized spacial score (nSPS) is 17.6. The minimum Gasteiger partial charge on any atom is -0.491 e. The fourth-order valence-electron chi connectivity index (χ4n) is 2.32. The SMILES string of the molecule is O=C(NS(=O)(=O)c1cccs1)c1ccc(OC[C@H]2CCCO2)cc1. The van der Waals surface area contributed by atoms with E-state index in [2.05, 4.69) is 4.72 Å². The highest BCUT2D eigenvalue weighted by atomic mass is 32.2. The molecule has 1 aliphatic rings. The van der Waals surface area contributed by atoms with Gasteiger partial charge in [-0.15, -0.1) is 11.3 Å². The first-order valence-corrected chi connectivity index (χ1v) is 9.86. The summed E-state index contributed by atoms with van der Waals surface area (Å²) in [7, 11) is -3.82. The van der Waals surface area contributed by atoms with Gasteiger partial charge in [-0.2, -0.15) is 0 Å². The molecule has 0 spiro atoms. The van der Waals surface area contributed by atoms with Crippen molar-refractivity contribution in [2.45, 2.75) is 23.2 Å². The predicted octanol–water partition coefficient (Wildman–Crippen LogP) is 2.42. The molecule has 1 fully saturated rings. The van der Waals surface area contributed by atoms with Crippen molar-refractivity contribution in [1.82, 2.24) is 4.72 Å². The molecule has 2 heterocycles. The summed E-state index contributed by atoms with van der Waals surface area (Å²) in [6, 6.07) is 9.41. The molecule has 1 amide bonds. The second-order valence-corrected chi connectivity index (χ2v) is 8.19. The number of hydrogen-bond donors (Lipinski definition) is 1. The monoisotopic (exact) mass is 367 g/mol. The van der Waals surface area contributed by atoms with E-state index in [1.807, 2.05) is 0 Å². The van der Waals surface area contributed by atoms with Crippen LogP contribution in [0.15, 0.2) is 46.0 Å². The van der Waals surface area contributed by atoms with Crippen molar-refractivity contribution in [3.8, 4) is 5.75 Å². The van der Waals surface area contributed by atoms with Gasteiger partial charge in [-0.3, -0.25) is 4.79 Å². The topological polar surface area (TPSA) is 81.7 Å². The molecule has 8 heteroatoms. The van der Waals surface area contributed by atoms with Gasteiger partial charge in [0, 0.05) is 12.2 Å². The van der Waals surface area contributed by atoms with E-state index in [1.165, 1.54) is 18.2 Å². The lowest BCUT2D eigenvalue weighted by Crippen LogP contribution is -2.29. The van der Waals surface area contributed by atoms with E-state index in [0.717, 1.165) is 30.8 Å². The van der Waals surface area contributed by atoms with Crippen LogP contribution in [-0.2, 0) is 14.8 Å². The molecule has 3 rings (SSSR count). The Labute approximate surface area is 144 Å². The Morgan fingerprint density at radius 2 is 2.08 bits per heavy atom. The summed E-state index contributed by atoms with van der Waals surface area (Å²) in [6.07, 6.45) is 2.15. The molecule has 6 nitrogen and oxygen atoms in total. The van der Waals surface area contributed by atoms with E-state index in [0.29, 0.717) is 12.4 Å². The number of nitrogens with one attached hydrogen (secondary N) is 1. The molecule has 1 N–H and O–H groups in total. The molecule has 0 saturated carbocycles. The zero-order valence-electron chi connectivity index (χ0n) is 12.8. The Kier molecular flexibility index (Phi) is 5.17. The van der Waals surface area contributed by atoms with E-state index >= 15 is 0 Å². The summed E-state index contributed by atoms with van der Waals surface area (Å²) >= 11 is 1.05. The van der Waals surface area contributed by atoms with Crippen molar-refractivity contribution >= 4 is 27.3 Å². The van der Waals surface area contributed by atoms with Crippen molar-refractivity contribution in [1.29, 1.82) is 0 Å². The van der Waals surface area contributed by atoms with Crippen molar-refractivity contribution in [3.63, 3.8) is 0 Å². The lowest BCUT2D eigenvalue weighted by molar-refractivity contribution is 0.0679. The van der Waals surface area contributed by atoms with Gasteiger partial charge in [0.05, 0.1) is 6.10 Å². The van der Waals surface area contributed by atoms with Crippen LogP contribution >= 0.6 is 11.3 Å². The third-order valence-electron chi connectivity index (χ3n) is 3.56. The van der Waals surface area contributed by atoms with Gasteiger partial charge in [0.1, 0.15) is 16.6 Å².